The molecule has 1 aliphatic heterocycles. The van der Waals surface area contributed by atoms with Crippen LogP contribution < -0.4 is 16.2 Å². The summed E-state index contributed by atoms with van der Waals surface area (Å²) in [6.45, 7) is 2.77. The molecule has 1 heterocycles. The largest absolute Gasteiger partial charge is 0.464 e. The van der Waals surface area contributed by atoms with Crippen LogP contribution >= 0.6 is 0 Å². The average molecular weight is 173 g/mol. The first-order valence-corrected chi connectivity index (χ1v) is 4.21. The van der Waals surface area contributed by atoms with Gasteiger partial charge in [0.15, 0.2) is 0 Å². The zero-order valence-electron chi connectivity index (χ0n) is 6.97. The van der Waals surface area contributed by atoms with Gasteiger partial charge >= 0.3 is 6.09 Å². The first-order chi connectivity index (χ1) is 5.79. The number of nitrogens with one attached hydrogen (secondary N) is 3. The van der Waals surface area contributed by atoms with Crippen LogP contribution in [0.25, 0.3) is 0 Å². The van der Waals surface area contributed by atoms with Crippen molar-refractivity contribution in [3.05, 3.63) is 0 Å². The molecule has 1 unspecified atom stereocenters. The van der Waals surface area contributed by atoms with Crippen LogP contribution in [0.15, 0.2) is 0 Å². The molecule has 0 aromatic carbocycles. The molecule has 0 bridgehead atoms. The molecule has 0 spiro atoms. The molecule has 0 aromatic rings. The highest BCUT2D eigenvalue weighted by Crippen LogP contribution is 2.07. The number of rotatable bonds is 3. The van der Waals surface area contributed by atoms with Gasteiger partial charge in [0.25, 0.3) is 0 Å². The molecule has 4 N–H and O–H groups in total. The molecule has 1 fully saturated rings. The Morgan fingerprint density at radius 2 is 2.50 bits per heavy atom. The van der Waals surface area contributed by atoms with Gasteiger partial charge in [-0.15, -0.1) is 0 Å². The van der Waals surface area contributed by atoms with Gasteiger partial charge in [-0.1, -0.05) is 0 Å². The van der Waals surface area contributed by atoms with Crippen LogP contribution in [0.3, 0.4) is 0 Å². The Bertz CT molecular complexity index is 146. The van der Waals surface area contributed by atoms with Gasteiger partial charge in [0.1, 0.15) is 0 Å². The molecule has 1 amide bonds. The average Bonchev–Trinajstić information content (AvgIpc) is 2.05. The molecular formula is C7H15N3O2. The number of hydrogen-bond donors (Lipinski definition) is 4. The number of hydrazine groups is 1. The van der Waals surface area contributed by atoms with Gasteiger partial charge in [-0.25, -0.2) is 10.2 Å². The monoisotopic (exact) mass is 173 g/mol. The minimum atomic E-state index is -1.03. The smallest absolute Gasteiger partial charge is 0.419 e. The second-order valence-electron chi connectivity index (χ2n) is 3.02. The zero-order chi connectivity index (χ0) is 8.81. The van der Waals surface area contributed by atoms with Crippen molar-refractivity contribution < 1.29 is 9.90 Å². The van der Waals surface area contributed by atoms with E-state index >= 15 is 0 Å². The summed E-state index contributed by atoms with van der Waals surface area (Å²) in [7, 11) is 0. The van der Waals surface area contributed by atoms with Crippen molar-refractivity contribution in [3.8, 4) is 0 Å². The lowest BCUT2D eigenvalue weighted by Gasteiger charge is -2.22. The first-order valence-electron chi connectivity index (χ1n) is 4.21. The topological polar surface area (TPSA) is 73.4 Å². The van der Waals surface area contributed by atoms with Crippen LogP contribution in [0, 0.1) is 5.92 Å². The summed E-state index contributed by atoms with van der Waals surface area (Å²) in [5.41, 5.74) is 4.80. The number of carbonyl (C=O) groups is 1. The second-order valence-corrected chi connectivity index (χ2v) is 3.02. The lowest BCUT2D eigenvalue weighted by Crippen LogP contribution is -2.43. The zero-order valence-corrected chi connectivity index (χ0v) is 6.97. The van der Waals surface area contributed by atoms with Crippen LogP contribution in [0.1, 0.15) is 12.8 Å². The maximum atomic E-state index is 10.1. The second kappa shape index (κ2) is 4.95. The molecule has 1 saturated heterocycles. The molecule has 5 nitrogen and oxygen atoms in total. The third kappa shape index (κ3) is 3.54. The molecular weight excluding hydrogens is 158 g/mol. The molecule has 1 aliphatic rings. The maximum Gasteiger partial charge on any atom is 0.419 e. The fourth-order valence-electron chi connectivity index (χ4n) is 1.37. The van der Waals surface area contributed by atoms with Gasteiger partial charge in [-0.3, -0.25) is 5.43 Å². The molecule has 0 aliphatic carbocycles. The van der Waals surface area contributed by atoms with Gasteiger partial charge in [0.05, 0.1) is 0 Å². The fourth-order valence-corrected chi connectivity index (χ4v) is 1.37. The van der Waals surface area contributed by atoms with E-state index in [1.165, 1.54) is 12.8 Å². The highest BCUT2D eigenvalue weighted by atomic mass is 16.4. The number of hydrogen-bond acceptors (Lipinski definition) is 3. The summed E-state index contributed by atoms with van der Waals surface area (Å²) in [6, 6.07) is 0. The van der Waals surface area contributed by atoms with Gasteiger partial charge in [-0.05, 0) is 31.8 Å². The van der Waals surface area contributed by atoms with Crippen LogP contribution in [-0.2, 0) is 0 Å². The summed E-state index contributed by atoms with van der Waals surface area (Å²) < 4.78 is 0. The Morgan fingerprint density at radius 1 is 1.67 bits per heavy atom. The van der Waals surface area contributed by atoms with Gasteiger partial charge in [0, 0.05) is 6.54 Å². The van der Waals surface area contributed by atoms with E-state index in [2.05, 4.69) is 16.2 Å². The Morgan fingerprint density at radius 3 is 3.08 bits per heavy atom. The Labute approximate surface area is 71.5 Å². The Kier molecular flexibility index (Phi) is 3.83. The first kappa shape index (κ1) is 9.28. The summed E-state index contributed by atoms with van der Waals surface area (Å²) in [5.74, 6) is 0.547. The van der Waals surface area contributed by atoms with E-state index in [0.717, 1.165) is 13.1 Å². The number of carboxylic acid groups (broad SMARTS) is 1. The minimum absolute atomic E-state index is 0.547. The van der Waals surface area contributed by atoms with Crippen molar-refractivity contribution in [2.75, 3.05) is 19.6 Å². The Hall–Kier alpha value is -0.810. The normalized spacial score (nSPS) is 23.5. The van der Waals surface area contributed by atoms with E-state index in [4.69, 9.17) is 5.11 Å². The molecule has 0 radical (unpaired) electrons. The number of piperidine rings is 1. The van der Waals surface area contributed by atoms with Gasteiger partial charge in [0.2, 0.25) is 0 Å². The predicted octanol–water partition coefficient (Wildman–Crippen LogP) is -0.242. The van der Waals surface area contributed by atoms with E-state index in [9.17, 15) is 4.79 Å². The van der Waals surface area contributed by atoms with Gasteiger partial charge < -0.3 is 10.4 Å². The molecule has 0 aromatic heterocycles. The SMILES string of the molecule is O=C(O)NNCC1CCCNC1. The lowest BCUT2D eigenvalue weighted by molar-refractivity contribution is 0.187. The molecule has 70 valence electrons. The molecule has 1 atom stereocenters. The molecule has 0 saturated carbocycles. The van der Waals surface area contributed by atoms with Crippen molar-refractivity contribution in [1.29, 1.82) is 0 Å². The van der Waals surface area contributed by atoms with E-state index in [1.54, 1.807) is 0 Å². The minimum Gasteiger partial charge on any atom is -0.464 e. The van der Waals surface area contributed by atoms with E-state index in [0.29, 0.717) is 12.5 Å². The van der Waals surface area contributed by atoms with Crippen LogP contribution in [0.2, 0.25) is 0 Å². The maximum absolute atomic E-state index is 10.1. The molecule has 12 heavy (non-hydrogen) atoms. The van der Waals surface area contributed by atoms with Crippen LogP contribution in [-0.4, -0.2) is 30.8 Å². The van der Waals surface area contributed by atoms with Crippen molar-refractivity contribution in [2.45, 2.75) is 12.8 Å². The van der Waals surface area contributed by atoms with Crippen molar-refractivity contribution in [3.63, 3.8) is 0 Å². The van der Waals surface area contributed by atoms with Crippen LogP contribution in [0.4, 0.5) is 4.79 Å². The van der Waals surface area contributed by atoms with Crippen molar-refractivity contribution >= 4 is 6.09 Å². The fraction of sp³-hybridized carbons (Fsp3) is 0.857. The summed E-state index contributed by atoms with van der Waals surface area (Å²) in [4.78, 5) is 10.1. The van der Waals surface area contributed by atoms with Crippen molar-refractivity contribution in [2.24, 2.45) is 5.92 Å². The van der Waals surface area contributed by atoms with E-state index < -0.39 is 6.09 Å². The summed E-state index contributed by atoms with van der Waals surface area (Å²) in [6.07, 6.45) is 1.32. The van der Waals surface area contributed by atoms with Gasteiger partial charge in [-0.2, -0.15) is 0 Å². The van der Waals surface area contributed by atoms with E-state index in [1.807, 2.05) is 0 Å². The highest BCUT2D eigenvalue weighted by Gasteiger charge is 2.11. The van der Waals surface area contributed by atoms with Crippen molar-refractivity contribution in [1.82, 2.24) is 16.2 Å². The predicted molar refractivity (Wildman–Crippen MR) is 44.8 cm³/mol. The highest BCUT2D eigenvalue weighted by molar-refractivity contribution is 5.63. The Balaban J connectivity index is 2.01. The lowest BCUT2D eigenvalue weighted by atomic mass is 10.0. The standard InChI is InChI=1S/C7H15N3O2/c11-7(12)10-9-5-6-2-1-3-8-4-6/h6,8-10H,1-5H2,(H,11,12). The molecule has 1 rings (SSSR count). The quantitative estimate of drug-likeness (QED) is 0.444. The summed E-state index contributed by atoms with van der Waals surface area (Å²) in [5, 5.41) is 11.5. The van der Waals surface area contributed by atoms with Crippen LogP contribution in [0.5, 0.6) is 0 Å². The number of amides is 1. The third-order valence-electron chi connectivity index (χ3n) is 1.98. The summed E-state index contributed by atoms with van der Waals surface area (Å²) >= 11 is 0. The third-order valence-corrected chi connectivity index (χ3v) is 1.98. The molecule has 5 heteroatoms. The van der Waals surface area contributed by atoms with E-state index in [-0.39, 0.29) is 0 Å².